The number of aromatic nitrogens is 2. The number of amides is 1. The summed E-state index contributed by atoms with van der Waals surface area (Å²) in [5.41, 5.74) is 4.80. The van der Waals surface area contributed by atoms with E-state index in [2.05, 4.69) is 19.9 Å². The lowest BCUT2D eigenvalue weighted by atomic mass is 10.1. The van der Waals surface area contributed by atoms with E-state index in [1.165, 1.54) is 6.42 Å². The summed E-state index contributed by atoms with van der Waals surface area (Å²) in [5, 5.41) is 11.0. The van der Waals surface area contributed by atoms with E-state index in [4.69, 9.17) is 4.98 Å². The van der Waals surface area contributed by atoms with Gasteiger partial charge in [0.2, 0.25) is 5.91 Å². The van der Waals surface area contributed by atoms with Crippen molar-refractivity contribution in [2.45, 2.75) is 45.8 Å². The lowest BCUT2D eigenvalue weighted by Gasteiger charge is -2.27. The molecule has 1 fully saturated rings. The molecule has 3 aromatic rings. The Labute approximate surface area is 165 Å². The molecule has 0 bridgehead atoms. The first kappa shape index (κ1) is 18.7. The van der Waals surface area contributed by atoms with Crippen molar-refractivity contribution in [2.24, 2.45) is 0 Å². The van der Waals surface area contributed by atoms with E-state index in [9.17, 15) is 9.90 Å². The van der Waals surface area contributed by atoms with Gasteiger partial charge in [0, 0.05) is 13.1 Å². The average molecular weight is 377 g/mol. The molecule has 1 N–H and O–H groups in total. The molecule has 5 nitrogen and oxygen atoms in total. The van der Waals surface area contributed by atoms with Crippen LogP contribution in [0.1, 0.15) is 47.9 Å². The van der Waals surface area contributed by atoms with Gasteiger partial charge in [0.1, 0.15) is 18.5 Å². The van der Waals surface area contributed by atoms with E-state index < -0.39 is 6.10 Å². The fourth-order valence-electron chi connectivity index (χ4n) is 3.94. The molecule has 4 rings (SSSR count). The number of carbonyl (C=O) groups excluding carboxylic acids is 1. The van der Waals surface area contributed by atoms with Crippen LogP contribution < -0.4 is 0 Å². The van der Waals surface area contributed by atoms with Crippen molar-refractivity contribution >= 4 is 16.9 Å². The molecule has 5 heteroatoms. The van der Waals surface area contributed by atoms with Crippen molar-refractivity contribution in [1.29, 1.82) is 0 Å². The minimum atomic E-state index is -0.872. The third-order valence-electron chi connectivity index (χ3n) is 5.76. The molecule has 146 valence electrons. The topological polar surface area (TPSA) is 58.4 Å². The maximum Gasteiger partial charge on any atom is 0.242 e. The minimum absolute atomic E-state index is 0.0961. The van der Waals surface area contributed by atoms with Gasteiger partial charge in [0.15, 0.2) is 0 Å². The summed E-state index contributed by atoms with van der Waals surface area (Å²) < 4.78 is 1.90. The summed E-state index contributed by atoms with van der Waals surface area (Å²) in [6.07, 6.45) is 2.44. The molecule has 2 aromatic carbocycles. The molecule has 1 aliphatic heterocycles. The Kier molecular flexibility index (Phi) is 5.18. The zero-order valence-electron chi connectivity index (χ0n) is 16.6. The fourth-order valence-corrected chi connectivity index (χ4v) is 3.94. The lowest BCUT2D eigenvalue weighted by molar-refractivity contribution is -0.132. The van der Waals surface area contributed by atoms with E-state index >= 15 is 0 Å². The number of likely N-dealkylation sites (tertiary alicyclic amines) is 1. The zero-order chi connectivity index (χ0) is 19.7. The SMILES string of the molecule is Cc1cc2nc(C(O)c3ccccc3)n(CC(=O)N3CCCCC3)c2cc1C. The first-order valence-corrected chi connectivity index (χ1v) is 10.0. The van der Waals surface area contributed by atoms with Gasteiger partial charge >= 0.3 is 0 Å². The summed E-state index contributed by atoms with van der Waals surface area (Å²) in [6.45, 7) is 5.96. The number of piperidine rings is 1. The molecule has 0 spiro atoms. The molecular weight excluding hydrogens is 350 g/mol. The molecule has 28 heavy (non-hydrogen) atoms. The van der Waals surface area contributed by atoms with Crippen molar-refractivity contribution < 1.29 is 9.90 Å². The maximum atomic E-state index is 13.0. The van der Waals surface area contributed by atoms with Crippen LogP contribution in [0.15, 0.2) is 42.5 Å². The van der Waals surface area contributed by atoms with E-state index in [1.807, 2.05) is 45.9 Å². The van der Waals surface area contributed by atoms with Gasteiger partial charge in [-0.1, -0.05) is 30.3 Å². The molecule has 1 amide bonds. The number of carbonyl (C=O) groups is 1. The van der Waals surface area contributed by atoms with Crippen LogP contribution in [0, 0.1) is 13.8 Å². The number of benzene rings is 2. The third kappa shape index (κ3) is 3.54. The van der Waals surface area contributed by atoms with E-state index in [0.29, 0.717) is 5.82 Å². The summed E-state index contributed by atoms with van der Waals surface area (Å²) >= 11 is 0. The molecule has 1 aromatic heterocycles. The van der Waals surface area contributed by atoms with Gasteiger partial charge in [-0.3, -0.25) is 4.79 Å². The van der Waals surface area contributed by atoms with Gasteiger partial charge in [0.25, 0.3) is 0 Å². The molecule has 1 atom stereocenters. The van der Waals surface area contributed by atoms with E-state index in [0.717, 1.165) is 53.7 Å². The van der Waals surface area contributed by atoms with Crippen LogP contribution in [0.4, 0.5) is 0 Å². The largest absolute Gasteiger partial charge is 0.380 e. The van der Waals surface area contributed by atoms with Crippen LogP contribution in [-0.4, -0.2) is 38.6 Å². The summed E-state index contributed by atoms with van der Waals surface area (Å²) in [7, 11) is 0. The number of hydrogen-bond donors (Lipinski definition) is 1. The molecule has 1 unspecified atom stereocenters. The fraction of sp³-hybridized carbons (Fsp3) is 0.391. The monoisotopic (exact) mass is 377 g/mol. The van der Waals surface area contributed by atoms with Gasteiger partial charge < -0.3 is 14.6 Å². The second-order valence-electron chi connectivity index (χ2n) is 7.74. The van der Waals surface area contributed by atoms with Crippen LogP contribution in [0.5, 0.6) is 0 Å². The second kappa shape index (κ2) is 7.76. The lowest BCUT2D eigenvalue weighted by Crippen LogP contribution is -2.38. The van der Waals surface area contributed by atoms with E-state index in [-0.39, 0.29) is 12.5 Å². The smallest absolute Gasteiger partial charge is 0.242 e. The Hall–Kier alpha value is -2.66. The van der Waals surface area contributed by atoms with Gasteiger partial charge in [-0.25, -0.2) is 4.98 Å². The third-order valence-corrected chi connectivity index (χ3v) is 5.76. The molecular formula is C23H27N3O2. The predicted octanol–water partition coefficient (Wildman–Crippen LogP) is 3.75. The normalized spacial score (nSPS) is 15.8. The number of aliphatic hydroxyl groups excluding tert-OH is 1. The number of aliphatic hydroxyl groups is 1. The van der Waals surface area contributed by atoms with Crippen molar-refractivity contribution in [2.75, 3.05) is 13.1 Å². The van der Waals surface area contributed by atoms with E-state index in [1.54, 1.807) is 0 Å². The van der Waals surface area contributed by atoms with Crippen LogP contribution in [0.2, 0.25) is 0 Å². The van der Waals surface area contributed by atoms with Crippen molar-refractivity contribution in [3.05, 3.63) is 65.0 Å². The molecule has 0 radical (unpaired) electrons. The Morgan fingerprint density at radius 1 is 1.07 bits per heavy atom. The Bertz CT molecular complexity index is 988. The van der Waals surface area contributed by atoms with Crippen LogP contribution in [0.3, 0.4) is 0 Å². The molecule has 1 saturated heterocycles. The van der Waals surface area contributed by atoms with Crippen molar-refractivity contribution in [3.8, 4) is 0 Å². The molecule has 1 aliphatic rings. The van der Waals surface area contributed by atoms with Crippen molar-refractivity contribution in [1.82, 2.24) is 14.5 Å². The molecule has 0 saturated carbocycles. The number of nitrogens with zero attached hydrogens (tertiary/aromatic N) is 3. The van der Waals surface area contributed by atoms with Crippen LogP contribution in [-0.2, 0) is 11.3 Å². The van der Waals surface area contributed by atoms with Gasteiger partial charge in [0.05, 0.1) is 11.0 Å². The Morgan fingerprint density at radius 2 is 1.75 bits per heavy atom. The first-order valence-electron chi connectivity index (χ1n) is 10.0. The summed E-state index contributed by atoms with van der Waals surface area (Å²) in [5.74, 6) is 0.621. The highest BCUT2D eigenvalue weighted by molar-refractivity contribution is 5.82. The number of imidazole rings is 1. The second-order valence-corrected chi connectivity index (χ2v) is 7.74. The number of hydrogen-bond acceptors (Lipinski definition) is 3. The highest BCUT2D eigenvalue weighted by Gasteiger charge is 2.24. The first-order chi connectivity index (χ1) is 13.5. The highest BCUT2D eigenvalue weighted by atomic mass is 16.3. The maximum absolute atomic E-state index is 13.0. The van der Waals surface area contributed by atoms with Gasteiger partial charge in [-0.2, -0.15) is 0 Å². The average Bonchev–Trinajstić information content (AvgIpc) is 3.06. The quantitative estimate of drug-likeness (QED) is 0.753. The molecule has 2 heterocycles. The number of aryl methyl sites for hydroxylation is 2. The minimum Gasteiger partial charge on any atom is -0.380 e. The molecule has 0 aliphatic carbocycles. The predicted molar refractivity (Wildman–Crippen MR) is 110 cm³/mol. The van der Waals surface area contributed by atoms with Crippen LogP contribution >= 0.6 is 0 Å². The Morgan fingerprint density at radius 3 is 2.46 bits per heavy atom. The van der Waals surface area contributed by atoms with Crippen molar-refractivity contribution in [3.63, 3.8) is 0 Å². The Balaban J connectivity index is 1.77. The summed E-state index contributed by atoms with van der Waals surface area (Å²) in [4.78, 5) is 19.6. The number of rotatable bonds is 4. The van der Waals surface area contributed by atoms with Gasteiger partial charge in [-0.05, 0) is 61.9 Å². The number of fused-ring (bicyclic) bond motifs is 1. The standard InChI is InChI=1S/C23H27N3O2/c1-16-13-19-20(14-17(16)2)26(15-21(27)25-11-7-4-8-12-25)23(24-19)22(28)18-9-5-3-6-10-18/h3,5-6,9-10,13-14,22,28H,4,7-8,11-12,15H2,1-2H3. The summed E-state index contributed by atoms with van der Waals surface area (Å²) in [6, 6.07) is 13.6. The van der Waals surface area contributed by atoms with Gasteiger partial charge in [-0.15, -0.1) is 0 Å². The highest BCUT2D eigenvalue weighted by Crippen LogP contribution is 2.28. The van der Waals surface area contributed by atoms with Crippen LogP contribution in [0.25, 0.3) is 11.0 Å². The zero-order valence-corrected chi connectivity index (χ0v) is 16.6.